The van der Waals surface area contributed by atoms with Crippen molar-refractivity contribution in [1.82, 2.24) is 5.32 Å². The SMILES string of the molecule is OC(CCNC1CCCCC1)c1ccc2c(c1)CCC2. The lowest BCUT2D eigenvalue weighted by Gasteiger charge is -2.23. The molecule has 110 valence electrons. The van der Waals surface area contributed by atoms with Gasteiger partial charge in [-0.3, -0.25) is 0 Å². The summed E-state index contributed by atoms with van der Waals surface area (Å²) in [5.41, 5.74) is 4.05. The van der Waals surface area contributed by atoms with Crippen LogP contribution in [-0.4, -0.2) is 17.7 Å². The summed E-state index contributed by atoms with van der Waals surface area (Å²) in [6.07, 6.45) is 11.0. The maximum atomic E-state index is 10.3. The van der Waals surface area contributed by atoms with Gasteiger partial charge in [0.2, 0.25) is 0 Å². The van der Waals surface area contributed by atoms with Crippen molar-refractivity contribution in [1.29, 1.82) is 0 Å². The Morgan fingerprint density at radius 3 is 2.70 bits per heavy atom. The zero-order valence-electron chi connectivity index (χ0n) is 12.4. The predicted octanol–water partition coefficient (Wildman–Crippen LogP) is 3.52. The van der Waals surface area contributed by atoms with Crippen LogP contribution in [0, 0.1) is 0 Å². The number of hydrogen-bond acceptors (Lipinski definition) is 2. The van der Waals surface area contributed by atoms with Crippen LogP contribution in [-0.2, 0) is 12.8 Å². The monoisotopic (exact) mass is 273 g/mol. The fraction of sp³-hybridized carbons (Fsp3) is 0.667. The van der Waals surface area contributed by atoms with Gasteiger partial charge >= 0.3 is 0 Å². The fourth-order valence-electron chi connectivity index (χ4n) is 3.70. The first-order valence-corrected chi connectivity index (χ1v) is 8.36. The van der Waals surface area contributed by atoms with E-state index in [1.165, 1.54) is 62.5 Å². The lowest BCUT2D eigenvalue weighted by atomic mass is 9.95. The summed E-state index contributed by atoms with van der Waals surface area (Å²) in [6.45, 7) is 0.933. The summed E-state index contributed by atoms with van der Waals surface area (Å²) in [4.78, 5) is 0. The molecule has 3 rings (SSSR count). The summed E-state index contributed by atoms with van der Waals surface area (Å²) in [6, 6.07) is 7.26. The van der Waals surface area contributed by atoms with Gasteiger partial charge in [-0.2, -0.15) is 0 Å². The van der Waals surface area contributed by atoms with Crippen molar-refractivity contribution >= 4 is 0 Å². The van der Waals surface area contributed by atoms with Crippen molar-refractivity contribution < 1.29 is 5.11 Å². The second-order valence-electron chi connectivity index (χ2n) is 6.48. The molecule has 0 amide bonds. The number of aliphatic hydroxyl groups is 1. The highest BCUT2D eigenvalue weighted by molar-refractivity contribution is 5.36. The smallest absolute Gasteiger partial charge is 0.0802 e. The Morgan fingerprint density at radius 2 is 1.85 bits per heavy atom. The molecular formula is C18H27NO. The number of nitrogens with one attached hydrogen (secondary N) is 1. The molecule has 0 radical (unpaired) electrons. The van der Waals surface area contributed by atoms with Crippen LogP contribution in [0.25, 0.3) is 0 Å². The molecule has 2 heteroatoms. The van der Waals surface area contributed by atoms with Crippen LogP contribution in [0.1, 0.15) is 67.7 Å². The fourth-order valence-corrected chi connectivity index (χ4v) is 3.70. The number of rotatable bonds is 5. The van der Waals surface area contributed by atoms with Crippen molar-refractivity contribution in [2.45, 2.75) is 69.9 Å². The molecule has 2 nitrogen and oxygen atoms in total. The number of aryl methyl sites for hydroxylation is 2. The number of aliphatic hydroxyl groups excluding tert-OH is 1. The highest BCUT2D eigenvalue weighted by Crippen LogP contribution is 2.26. The summed E-state index contributed by atoms with van der Waals surface area (Å²) in [5.74, 6) is 0. The number of hydrogen-bond donors (Lipinski definition) is 2. The molecule has 1 atom stereocenters. The Balaban J connectivity index is 1.47. The van der Waals surface area contributed by atoms with Gasteiger partial charge in [-0.1, -0.05) is 37.5 Å². The van der Waals surface area contributed by atoms with Gasteiger partial charge in [-0.15, -0.1) is 0 Å². The van der Waals surface area contributed by atoms with Crippen molar-refractivity contribution in [2.24, 2.45) is 0 Å². The second kappa shape index (κ2) is 6.73. The van der Waals surface area contributed by atoms with Crippen LogP contribution in [0.5, 0.6) is 0 Å². The van der Waals surface area contributed by atoms with E-state index in [2.05, 4.69) is 23.5 Å². The van der Waals surface area contributed by atoms with Gasteiger partial charge < -0.3 is 10.4 Å². The van der Waals surface area contributed by atoms with Crippen molar-refractivity contribution in [3.63, 3.8) is 0 Å². The lowest BCUT2D eigenvalue weighted by molar-refractivity contribution is 0.164. The first-order chi connectivity index (χ1) is 9.83. The number of fused-ring (bicyclic) bond motifs is 1. The highest BCUT2D eigenvalue weighted by atomic mass is 16.3. The normalized spacial score (nSPS) is 20.9. The summed E-state index contributed by atoms with van der Waals surface area (Å²) in [7, 11) is 0. The third-order valence-corrected chi connectivity index (χ3v) is 4.96. The van der Waals surface area contributed by atoms with Crippen molar-refractivity contribution in [3.05, 3.63) is 34.9 Å². The molecule has 2 aliphatic carbocycles. The average Bonchev–Trinajstić information content (AvgIpc) is 2.95. The molecule has 2 N–H and O–H groups in total. The van der Waals surface area contributed by atoms with Crippen LogP contribution < -0.4 is 5.32 Å². The Kier molecular flexibility index (Phi) is 4.74. The largest absolute Gasteiger partial charge is 0.388 e. The van der Waals surface area contributed by atoms with Gasteiger partial charge in [0.1, 0.15) is 0 Å². The first kappa shape index (κ1) is 14.1. The van der Waals surface area contributed by atoms with E-state index in [0.29, 0.717) is 6.04 Å². The maximum absolute atomic E-state index is 10.3. The third-order valence-electron chi connectivity index (χ3n) is 4.96. The summed E-state index contributed by atoms with van der Waals surface area (Å²) < 4.78 is 0. The summed E-state index contributed by atoms with van der Waals surface area (Å²) in [5, 5.41) is 14.0. The minimum Gasteiger partial charge on any atom is -0.388 e. The Morgan fingerprint density at radius 1 is 1.05 bits per heavy atom. The van der Waals surface area contributed by atoms with E-state index in [4.69, 9.17) is 0 Å². The summed E-state index contributed by atoms with van der Waals surface area (Å²) >= 11 is 0. The van der Waals surface area contributed by atoms with Crippen LogP contribution in [0.2, 0.25) is 0 Å². The lowest BCUT2D eigenvalue weighted by Crippen LogP contribution is -2.32. The molecule has 0 spiro atoms. The van der Waals surface area contributed by atoms with Crippen LogP contribution in [0.3, 0.4) is 0 Å². The predicted molar refractivity (Wildman–Crippen MR) is 82.9 cm³/mol. The zero-order chi connectivity index (χ0) is 13.8. The van der Waals surface area contributed by atoms with E-state index in [9.17, 15) is 5.11 Å². The van der Waals surface area contributed by atoms with E-state index in [1.54, 1.807) is 0 Å². The molecule has 1 aromatic carbocycles. The molecule has 0 saturated heterocycles. The van der Waals surface area contributed by atoms with Gasteiger partial charge in [-0.25, -0.2) is 0 Å². The van der Waals surface area contributed by atoms with E-state index >= 15 is 0 Å². The first-order valence-electron chi connectivity index (χ1n) is 8.36. The van der Waals surface area contributed by atoms with E-state index in [0.717, 1.165) is 18.5 Å². The van der Waals surface area contributed by atoms with Crippen molar-refractivity contribution in [3.8, 4) is 0 Å². The second-order valence-corrected chi connectivity index (χ2v) is 6.48. The zero-order valence-corrected chi connectivity index (χ0v) is 12.4. The molecule has 1 fully saturated rings. The molecule has 1 aromatic rings. The quantitative estimate of drug-likeness (QED) is 0.860. The van der Waals surface area contributed by atoms with E-state index in [-0.39, 0.29) is 6.10 Å². The van der Waals surface area contributed by atoms with Crippen LogP contribution in [0.4, 0.5) is 0 Å². The van der Waals surface area contributed by atoms with Gasteiger partial charge in [0.05, 0.1) is 6.10 Å². The Hall–Kier alpha value is -0.860. The third kappa shape index (κ3) is 3.42. The standard InChI is InChI=1S/C18H27NO/c20-18(11-12-19-17-7-2-1-3-8-17)16-10-9-14-5-4-6-15(14)13-16/h9-10,13,17-20H,1-8,11-12H2. The molecule has 0 aromatic heterocycles. The van der Waals surface area contributed by atoms with Crippen LogP contribution >= 0.6 is 0 Å². The number of benzene rings is 1. The maximum Gasteiger partial charge on any atom is 0.0802 e. The average molecular weight is 273 g/mol. The molecule has 2 aliphatic rings. The van der Waals surface area contributed by atoms with Gasteiger partial charge in [-0.05, 0) is 61.8 Å². The van der Waals surface area contributed by atoms with Crippen LogP contribution in [0.15, 0.2) is 18.2 Å². The van der Waals surface area contributed by atoms with Crippen molar-refractivity contribution in [2.75, 3.05) is 6.54 Å². The molecule has 0 aliphatic heterocycles. The van der Waals surface area contributed by atoms with Gasteiger partial charge in [0.25, 0.3) is 0 Å². The minimum atomic E-state index is -0.308. The molecule has 1 unspecified atom stereocenters. The Bertz CT molecular complexity index is 437. The minimum absolute atomic E-state index is 0.308. The molecule has 1 saturated carbocycles. The molecule has 20 heavy (non-hydrogen) atoms. The Labute approximate surface area is 122 Å². The molecule has 0 bridgehead atoms. The van der Waals surface area contributed by atoms with E-state index < -0.39 is 0 Å². The molecular weight excluding hydrogens is 246 g/mol. The topological polar surface area (TPSA) is 32.3 Å². The van der Waals surface area contributed by atoms with Gasteiger partial charge in [0.15, 0.2) is 0 Å². The van der Waals surface area contributed by atoms with Gasteiger partial charge in [0, 0.05) is 6.04 Å². The molecule has 0 heterocycles. The van der Waals surface area contributed by atoms with E-state index in [1.807, 2.05) is 0 Å². The highest BCUT2D eigenvalue weighted by Gasteiger charge is 2.16.